The van der Waals surface area contributed by atoms with Gasteiger partial charge in [0.15, 0.2) is 17.8 Å². The van der Waals surface area contributed by atoms with Crippen molar-refractivity contribution in [2.75, 3.05) is 11.9 Å². The number of aryl methyl sites for hydroxylation is 1. The molecule has 0 radical (unpaired) electrons. The van der Waals surface area contributed by atoms with E-state index in [1.165, 1.54) is 17.7 Å². The Labute approximate surface area is 148 Å². The van der Waals surface area contributed by atoms with Crippen molar-refractivity contribution in [2.24, 2.45) is 0 Å². The van der Waals surface area contributed by atoms with Gasteiger partial charge in [0.1, 0.15) is 0 Å². The molecule has 2 heterocycles. The SMILES string of the molecule is CCOC(=O)c1cccc(NC(=O)c2ncoc2-c2ccc(C)s2)c1. The molecule has 6 nitrogen and oxygen atoms in total. The number of carbonyl (C=O) groups is 2. The standard InChI is InChI=1S/C18H16N2O4S/c1-3-23-18(22)12-5-4-6-13(9-12)20-17(21)15-16(24-10-19-15)14-8-7-11(2)25-14/h4-10H,3H2,1-2H3,(H,20,21). The number of benzene rings is 1. The molecule has 128 valence electrons. The molecule has 1 N–H and O–H groups in total. The summed E-state index contributed by atoms with van der Waals surface area (Å²) in [4.78, 5) is 30.3. The third-order valence-corrected chi connectivity index (χ3v) is 4.38. The summed E-state index contributed by atoms with van der Waals surface area (Å²) >= 11 is 1.52. The third-order valence-electron chi connectivity index (χ3n) is 3.38. The number of rotatable bonds is 5. The Morgan fingerprint density at radius 2 is 2.12 bits per heavy atom. The number of thiophene rings is 1. The van der Waals surface area contributed by atoms with Crippen LogP contribution >= 0.6 is 11.3 Å². The Morgan fingerprint density at radius 3 is 2.84 bits per heavy atom. The lowest BCUT2D eigenvalue weighted by Gasteiger charge is -2.06. The minimum Gasteiger partial charge on any atom is -0.462 e. The number of hydrogen-bond acceptors (Lipinski definition) is 6. The van der Waals surface area contributed by atoms with E-state index in [-0.39, 0.29) is 12.3 Å². The number of nitrogens with zero attached hydrogens (tertiary/aromatic N) is 1. The molecule has 0 fully saturated rings. The van der Waals surface area contributed by atoms with Crippen LogP contribution in [0.15, 0.2) is 47.2 Å². The first-order valence-electron chi connectivity index (χ1n) is 7.67. The topological polar surface area (TPSA) is 81.4 Å². The number of aromatic nitrogens is 1. The maximum Gasteiger partial charge on any atom is 0.338 e. The van der Waals surface area contributed by atoms with Crippen molar-refractivity contribution in [3.63, 3.8) is 0 Å². The van der Waals surface area contributed by atoms with E-state index in [0.717, 1.165) is 9.75 Å². The van der Waals surface area contributed by atoms with E-state index in [9.17, 15) is 9.59 Å². The average molecular weight is 356 g/mol. The van der Waals surface area contributed by atoms with Gasteiger partial charge in [-0.3, -0.25) is 4.79 Å². The molecular formula is C18H16N2O4S. The number of nitrogens with one attached hydrogen (secondary N) is 1. The number of ether oxygens (including phenoxy) is 1. The largest absolute Gasteiger partial charge is 0.462 e. The summed E-state index contributed by atoms with van der Waals surface area (Å²) < 4.78 is 10.3. The molecule has 0 atom stereocenters. The summed E-state index contributed by atoms with van der Waals surface area (Å²) in [6.07, 6.45) is 1.24. The second kappa shape index (κ2) is 7.31. The van der Waals surface area contributed by atoms with E-state index in [2.05, 4.69) is 10.3 Å². The zero-order valence-electron chi connectivity index (χ0n) is 13.7. The molecule has 3 aromatic rings. The molecule has 1 aromatic carbocycles. The molecule has 25 heavy (non-hydrogen) atoms. The smallest absolute Gasteiger partial charge is 0.338 e. The van der Waals surface area contributed by atoms with Gasteiger partial charge in [-0.25, -0.2) is 9.78 Å². The highest BCUT2D eigenvalue weighted by Crippen LogP contribution is 2.30. The van der Waals surface area contributed by atoms with Crippen molar-refractivity contribution in [1.29, 1.82) is 0 Å². The predicted octanol–water partition coefficient (Wildman–Crippen LogP) is 4.14. The van der Waals surface area contributed by atoms with Gasteiger partial charge in [-0.1, -0.05) is 6.07 Å². The highest BCUT2D eigenvalue weighted by Gasteiger charge is 2.20. The van der Waals surface area contributed by atoms with Crippen molar-refractivity contribution in [2.45, 2.75) is 13.8 Å². The Morgan fingerprint density at radius 1 is 1.28 bits per heavy atom. The van der Waals surface area contributed by atoms with E-state index in [0.29, 0.717) is 17.0 Å². The van der Waals surface area contributed by atoms with E-state index < -0.39 is 11.9 Å². The summed E-state index contributed by atoms with van der Waals surface area (Å²) in [5.41, 5.74) is 1.05. The van der Waals surface area contributed by atoms with Crippen LogP contribution in [0.5, 0.6) is 0 Å². The molecule has 0 bridgehead atoms. The number of carbonyl (C=O) groups excluding carboxylic acids is 2. The Hall–Kier alpha value is -2.93. The van der Waals surface area contributed by atoms with Crippen LogP contribution in [-0.2, 0) is 4.74 Å². The lowest BCUT2D eigenvalue weighted by molar-refractivity contribution is 0.0526. The highest BCUT2D eigenvalue weighted by molar-refractivity contribution is 7.15. The van der Waals surface area contributed by atoms with Gasteiger partial charge >= 0.3 is 5.97 Å². The van der Waals surface area contributed by atoms with E-state index in [1.54, 1.807) is 31.2 Å². The quantitative estimate of drug-likeness (QED) is 0.695. The van der Waals surface area contributed by atoms with Gasteiger partial charge in [0, 0.05) is 10.6 Å². The van der Waals surface area contributed by atoms with Crippen LogP contribution in [0.4, 0.5) is 5.69 Å². The summed E-state index contributed by atoms with van der Waals surface area (Å²) in [7, 11) is 0. The summed E-state index contributed by atoms with van der Waals surface area (Å²) in [6.45, 7) is 4.00. The van der Waals surface area contributed by atoms with Crippen LogP contribution in [0.3, 0.4) is 0 Å². The van der Waals surface area contributed by atoms with E-state index in [4.69, 9.17) is 9.15 Å². The fourth-order valence-corrected chi connectivity index (χ4v) is 3.12. The predicted molar refractivity (Wildman–Crippen MR) is 94.9 cm³/mol. The third kappa shape index (κ3) is 3.77. The Bertz CT molecular complexity index is 913. The lowest BCUT2D eigenvalue weighted by atomic mass is 10.2. The molecule has 2 aromatic heterocycles. The average Bonchev–Trinajstić information content (AvgIpc) is 3.24. The summed E-state index contributed by atoms with van der Waals surface area (Å²) in [5.74, 6) is -0.414. The van der Waals surface area contributed by atoms with Gasteiger partial charge in [0.05, 0.1) is 17.0 Å². The number of esters is 1. The van der Waals surface area contributed by atoms with Crippen molar-refractivity contribution >= 4 is 28.9 Å². The van der Waals surface area contributed by atoms with E-state index >= 15 is 0 Å². The zero-order chi connectivity index (χ0) is 17.8. The van der Waals surface area contributed by atoms with Crippen molar-refractivity contribution < 1.29 is 18.7 Å². The van der Waals surface area contributed by atoms with Crippen LogP contribution in [0.2, 0.25) is 0 Å². The van der Waals surface area contributed by atoms with Crippen LogP contribution in [-0.4, -0.2) is 23.5 Å². The second-order valence-electron chi connectivity index (χ2n) is 5.20. The van der Waals surface area contributed by atoms with Gasteiger partial charge in [-0.15, -0.1) is 11.3 Å². The van der Waals surface area contributed by atoms with E-state index in [1.807, 2.05) is 19.1 Å². The van der Waals surface area contributed by atoms with Crippen molar-refractivity contribution in [3.05, 3.63) is 58.9 Å². The highest BCUT2D eigenvalue weighted by atomic mass is 32.1. The minimum atomic E-state index is -0.435. The Kier molecular flexibility index (Phi) is 4.95. The van der Waals surface area contributed by atoms with Gasteiger partial charge in [0.2, 0.25) is 0 Å². The molecule has 0 unspecified atom stereocenters. The first kappa shape index (κ1) is 16.9. The number of hydrogen-bond donors (Lipinski definition) is 1. The van der Waals surface area contributed by atoms with Crippen molar-refractivity contribution in [3.8, 4) is 10.6 Å². The molecule has 1 amide bonds. The molecule has 0 aliphatic heterocycles. The van der Waals surface area contributed by atoms with Crippen LogP contribution < -0.4 is 5.32 Å². The van der Waals surface area contributed by atoms with Gasteiger partial charge in [-0.05, 0) is 44.2 Å². The monoisotopic (exact) mass is 356 g/mol. The van der Waals surface area contributed by atoms with Crippen LogP contribution in [0, 0.1) is 6.92 Å². The number of anilines is 1. The molecular weight excluding hydrogens is 340 g/mol. The summed E-state index contributed by atoms with van der Waals surface area (Å²) in [5, 5.41) is 2.73. The first-order chi connectivity index (χ1) is 12.1. The lowest BCUT2D eigenvalue weighted by Crippen LogP contribution is -2.14. The second-order valence-corrected chi connectivity index (χ2v) is 6.48. The molecule has 7 heteroatoms. The summed E-state index contributed by atoms with van der Waals surface area (Å²) in [6, 6.07) is 10.4. The fourth-order valence-electron chi connectivity index (χ4n) is 2.27. The van der Waals surface area contributed by atoms with Crippen LogP contribution in [0.1, 0.15) is 32.6 Å². The first-order valence-corrected chi connectivity index (χ1v) is 8.49. The molecule has 0 saturated heterocycles. The van der Waals surface area contributed by atoms with Gasteiger partial charge in [-0.2, -0.15) is 0 Å². The van der Waals surface area contributed by atoms with Crippen molar-refractivity contribution in [1.82, 2.24) is 4.98 Å². The normalized spacial score (nSPS) is 10.5. The Balaban J connectivity index is 1.81. The zero-order valence-corrected chi connectivity index (χ0v) is 14.6. The number of amides is 1. The van der Waals surface area contributed by atoms with Gasteiger partial charge < -0.3 is 14.5 Å². The molecule has 0 aliphatic carbocycles. The molecule has 3 rings (SSSR count). The number of oxazole rings is 1. The van der Waals surface area contributed by atoms with Gasteiger partial charge in [0.25, 0.3) is 5.91 Å². The maximum atomic E-state index is 12.5. The molecule has 0 aliphatic rings. The maximum absolute atomic E-state index is 12.5. The molecule has 0 spiro atoms. The van der Waals surface area contributed by atoms with Crippen LogP contribution in [0.25, 0.3) is 10.6 Å². The fraction of sp³-hybridized carbons (Fsp3) is 0.167. The molecule has 0 saturated carbocycles. The minimum absolute atomic E-state index is 0.198.